The molecule has 0 bridgehead atoms. The number of hydrogen-bond donors (Lipinski definition) is 2. The van der Waals surface area contributed by atoms with Crippen molar-refractivity contribution in [2.45, 2.75) is 57.2 Å². The van der Waals surface area contributed by atoms with Crippen LogP contribution >= 0.6 is 0 Å². The highest BCUT2D eigenvalue weighted by molar-refractivity contribution is 5.20. The lowest BCUT2D eigenvalue weighted by Crippen LogP contribution is -2.30. The summed E-state index contributed by atoms with van der Waals surface area (Å²) in [5, 5.41) is 18.5. The normalized spacial score (nSPS) is 21.1. The molecule has 1 saturated carbocycles. The summed E-state index contributed by atoms with van der Waals surface area (Å²) >= 11 is 0. The van der Waals surface area contributed by atoms with Crippen LogP contribution in [0.3, 0.4) is 0 Å². The van der Waals surface area contributed by atoms with Gasteiger partial charge in [0, 0.05) is 0 Å². The molecule has 0 saturated heterocycles. The van der Waals surface area contributed by atoms with E-state index in [1.165, 1.54) is 6.42 Å². The van der Waals surface area contributed by atoms with Gasteiger partial charge in [0.05, 0.1) is 0 Å². The standard InChI is InChI=1S/C11H18O3/c1-10(2,14-13)8-9-11(12)6-4-3-5-7-11/h12-13H,3-7H2,1-2H3. The van der Waals surface area contributed by atoms with Gasteiger partial charge in [0.1, 0.15) is 5.60 Å². The van der Waals surface area contributed by atoms with Gasteiger partial charge in [-0.3, -0.25) is 5.26 Å². The maximum atomic E-state index is 10.0. The van der Waals surface area contributed by atoms with Crippen LogP contribution in [0.4, 0.5) is 0 Å². The summed E-state index contributed by atoms with van der Waals surface area (Å²) in [7, 11) is 0. The molecule has 1 aliphatic carbocycles. The third-order valence-electron chi connectivity index (χ3n) is 2.51. The average molecular weight is 198 g/mol. The van der Waals surface area contributed by atoms with Crippen molar-refractivity contribution in [3.63, 3.8) is 0 Å². The molecule has 0 radical (unpaired) electrons. The van der Waals surface area contributed by atoms with E-state index >= 15 is 0 Å². The van der Waals surface area contributed by atoms with Crippen LogP contribution in [-0.4, -0.2) is 21.6 Å². The van der Waals surface area contributed by atoms with Crippen LogP contribution in [-0.2, 0) is 4.89 Å². The third kappa shape index (κ3) is 3.30. The van der Waals surface area contributed by atoms with Crippen molar-refractivity contribution >= 4 is 0 Å². The molecule has 1 rings (SSSR count). The maximum absolute atomic E-state index is 10.0. The van der Waals surface area contributed by atoms with Crippen LogP contribution in [0.2, 0.25) is 0 Å². The molecule has 0 atom stereocenters. The van der Waals surface area contributed by atoms with E-state index in [1.807, 2.05) is 0 Å². The molecule has 0 aromatic heterocycles. The van der Waals surface area contributed by atoms with Gasteiger partial charge >= 0.3 is 0 Å². The van der Waals surface area contributed by atoms with E-state index in [0.29, 0.717) is 0 Å². The highest BCUT2D eigenvalue weighted by Gasteiger charge is 2.27. The molecular formula is C11H18O3. The molecule has 2 N–H and O–H groups in total. The Balaban J connectivity index is 2.64. The lowest BCUT2D eigenvalue weighted by atomic mass is 9.85. The fourth-order valence-corrected chi connectivity index (χ4v) is 1.55. The summed E-state index contributed by atoms with van der Waals surface area (Å²) in [5.41, 5.74) is -1.76. The number of hydrogen-bond acceptors (Lipinski definition) is 3. The molecule has 0 spiro atoms. The predicted octanol–water partition coefficient (Wildman–Crippen LogP) is 1.95. The van der Waals surface area contributed by atoms with Crippen molar-refractivity contribution in [3.8, 4) is 11.8 Å². The van der Waals surface area contributed by atoms with Crippen LogP contribution in [0.5, 0.6) is 0 Å². The van der Waals surface area contributed by atoms with Crippen molar-refractivity contribution < 1.29 is 15.3 Å². The molecule has 80 valence electrons. The van der Waals surface area contributed by atoms with Crippen LogP contribution < -0.4 is 0 Å². The first-order chi connectivity index (χ1) is 6.47. The van der Waals surface area contributed by atoms with E-state index in [9.17, 15) is 5.11 Å². The minimum absolute atomic E-state index is 0.724. The molecule has 0 aromatic carbocycles. The molecule has 0 amide bonds. The van der Waals surface area contributed by atoms with Crippen molar-refractivity contribution in [2.24, 2.45) is 0 Å². The summed E-state index contributed by atoms with van der Waals surface area (Å²) in [5.74, 6) is 5.56. The van der Waals surface area contributed by atoms with Crippen molar-refractivity contribution in [1.82, 2.24) is 0 Å². The Morgan fingerprint density at radius 3 is 2.29 bits per heavy atom. The first kappa shape index (κ1) is 11.5. The van der Waals surface area contributed by atoms with Gasteiger partial charge in [0.25, 0.3) is 0 Å². The maximum Gasteiger partial charge on any atom is 0.158 e. The van der Waals surface area contributed by atoms with Gasteiger partial charge in [-0.15, -0.1) is 0 Å². The van der Waals surface area contributed by atoms with Crippen molar-refractivity contribution in [1.29, 1.82) is 0 Å². The summed E-state index contributed by atoms with van der Waals surface area (Å²) < 4.78 is 0. The van der Waals surface area contributed by atoms with Crippen LogP contribution in [0.25, 0.3) is 0 Å². The number of rotatable bonds is 1. The van der Waals surface area contributed by atoms with E-state index in [0.717, 1.165) is 25.7 Å². The molecule has 0 heterocycles. The second kappa shape index (κ2) is 4.31. The second-order valence-corrected chi connectivity index (χ2v) is 4.44. The van der Waals surface area contributed by atoms with Gasteiger partial charge < -0.3 is 5.11 Å². The van der Waals surface area contributed by atoms with Crippen LogP contribution in [0.1, 0.15) is 46.0 Å². The van der Waals surface area contributed by atoms with Gasteiger partial charge in [-0.1, -0.05) is 18.3 Å². The quantitative estimate of drug-likeness (QED) is 0.384. The Morgan fingerprint density at radius 2 is 1.79 bits per heavy atom. The minimum atomic E-state index is -0.896. The van der Waals surface area contributed by atoms with Gasteiger partial charge in [-0.2, -0.15) is 0 Å². The smallest absolute Gasteiger partial charge is 0.158 e. The van der Waals surface area contributed by atoms with Gasteiger partial charge in [-0.05, 0) is 39.5 Å². The number of aliphatic hydroxyl groups is 1. The molecule has 0 aromatic rings. The molecule has 14 heavy (non-hydrogen) atoms. The lowest BCUT2D eigenvalue weighted by molar-refractivity contribution is -0.293. The zero-order chi connectivity index (χ0) is 10.7. The fourth-order valence-electron chi connectivity index (χ4n) is 1.55. The Labute approximate surface area is 85.0 Å². The van der Waals surface area contributed by atoms with Gasteiger partial charge in [0.2, 0.25) is 0 Å². The molecule has 0 aliphatic heterocycles. The van der Waals surface area contributed by atoms with E-state index in [4.69, 9.17) is 5.26 Å². The van der Waals surface area contributed by atoms with E-state index in [1.54, 1.807) is 13.8 Å². The molecule has 3 nitrogen and oxygen atoms in total. The van der Waals surface area contributed by atoms with Gasteiger partial charge in [0.15, 0.2) is 5.60 Å². The van der Waals surface area contributed by atoms with Crippen molar-refractivity contribution in [2.75, 3.05) is 0 Å². The predicted molar refractivity (Wildman–Crippen MR) is 53.6 cm³/mol. The largest absolute Gasteiger partial charge is 0.378 e. The zero-order valence-corrected chi connectivity index (χ0v) is 8.84. The van der Waals surface area contributed by atoms with E-state index in [-0.39, 0.29) is 0 Å². The van der Waals surface area contributed by atoms with Gasteiger partial charge in [-0.25, -0.2) is 4.89 Å². The van der Waals surface area contributed by atoms with E-state index in [2.05, 4.69) is 16.7 Å². The average Bonchev–Trinajstić information content (AvgIpc) is 2.17. The summed E-state index contributed by atoms with van der Waals surface area (Å²) in [6.07, 6.45) is 4.66. The van der Waals surface area contributed by atoms with Crippen molar-refractivity contribution in [3.05, 3.63) is 0 Å². The molecule has 1 aliphatic rings. The first-order valence-electron chi connectivity index (χ1n) is 5.07. The lowest BCUT2D eigenvalue weighted by Gasteiger charge is -2.27. The summed E-state index contributed by atoms with van der Waals surface area (Å²) in [4.78, 5) is 4.19. The molecule has 1 fully saturated rings. The molecule has 0 unspecified atom stereocenters. The minimum Gasteiger partial charge on any atom is -0.378 e. The Hall–Kier alpha value is -0.560. The first-order valence-corrected chi connectivity index (χ1v) is 5.07. The highest BCUT2D eigenvalue weighted by Crippen LogP contribution is 2.27. The van der Waals surface area contributed by atoms with Crippen LogP contribution in [0, 0.1) is 11.8 Å². The summed E-state index contributed by atoms with van der Waals surface area (Å²) in [6, 6.07) is 0. The Bertz CT molecular complexity index is 241. The molecular weight excluding hydrogens is 180 g/mol. The SMILES string of the molecule is CC(C)(C#CC1(O)CCCCC1)OO. The topological polar surface area (TPSA) is 49.7 Å². The fraction of sp³-hybridized carbons (Fsp3) is 0.818. The highest BCUT2D eigenvalue weighted by atomic mass is 17.1. The Morgan fingerprint density at radius 1 is 1.21 bits per heavy atom. The third-order valence-corrected chi connectivity index (χ3v) is 2.51. The monoisotopic (exact) mass is 198 g/mol. The van der Waals surface area contributed by atoms with E-state index < -0.39 is 11.2 Å². The zero-order valence-electron chi connectivity index (χ0n) is 8.84. The second-order valence-electron chi connectivity index (χ2n) is 4.44. The molecule has 3 heteroatoms. The Kier molecular flexibility index (Phi) is 3.54. The summed E-state index contributed by atoms with van der Waals surface area (Å²) in [6.45, 7) is 3.32. The van der Waals surface area contributed by atoms with Crippen LogP contribution in [0.15, 0.2) is 0 Å².